The quantitative estimate of drug-likeness (QED) is 0.320. The molecule has 0 radical (unpaired) electrons. The molecule has 3 fully saturated rings. The molecule has 1 unspecified atom stereocenters. The number of cyclic esters (lactones) is 1. The maximum absolute atomic E-state index is 14.2. The van der Waals surface area contributed by atoms with E-state index in [0.717, 1.165) is 32.7 Å². The molecule has 3 aliphatic heterocycles. The third-order valence-electron chi connectivity index (χ3n) is 10.3. The smallest absolute Gasteiger partial charge is 0.319 e. The Hall–Kier alpha value is -1.14. The zero-order valence-electron chi connectivity index (χ0n) is 29.7. The van der Waals surface area contributed by atoms with Crippen molar-refractivity contribution in [2.75, 3.05) is 60.5 Å². The van der Waals surface area contributed by atoms with Gasteiger partial charge in [-0.3, -0.25) is 14.5 Å². The van der Waals surface area contributed by atoms with Crippen molar-refractivity contribution >= 4 is 11.8 Å². The maximum Gasteiger partial charge on any atom is 0.319 e. The summed E-state index contributed by atoms with van der Waals surface area (Å²) < 4.78 is 25.1. The summed E-state index contributed by atoms with van der Waals surface area (Å²) in [5, 5.41) is 11.3. The SMILES string of the molecule is CCN1C[C@H](C)C[C@@](C)(OC)[C@H](O[C@@H]2O[C@H](C)C[C@H](N(C)C)[C@H]2O)[C@@H](C)C(=O)C(C)(C)C(=O)OCC1C1CN(CC(C)C)C1. The third kappa shape index (κ3) is 8.41. The number of aliphatic hydroxyl groups is 1. The monoisotopic (exact) mass is 625 g/mol. The Labute approximate surface area is 267 Å². The first-order valence-electron chi connectivity index (χ1n) is 16.8. The number of hydrogen-bond acceptors (Lipinski definition) is 10. The van der Waals surface area contributed by atoms with E-state index < -0.39 is 41.4 Å². The van der Waals surface area contributed by atoms with Crippen molar-refractivity contribution in [3.05, 3.63) is 0 Å². The van der Waals surface area contributed by atoms with E-state index in [-0.39, 0.29) is 36.5 Å². The van der Waals surface area contributed by atoms with Gasteiger partial charge in [0.15, 0.2) is 12.1 Å². The molecule has 44 heavy (non-hydrogen) atoms. The summed E-state index contributed by atoms with van der Waals surface area (Å²) in [6.45, 7) is 22.8. The number of aliphatic hydroxyl groups excluding tert-OH is 1. The molecule has 3 saturated heterocycles. The fourth-order valence-corrected chi connectivity index (χ4v) is 7.77. The summed E-state index contributed by atoms with van der Waals surface area (Å²) in [6.07, 6.45) is -1.53. The number of carbonyl (C=O) groups excluding carboxylic acids is 2. The zero-order chi connectivity index (χ0) is 33.1. The van der Waals surface area contributed by atoms with E-state index in [9.17, 15) is 14.7 Å². The molecule has 0 amide bonds. The van der Waals surface area contributed by atoms with Crippen molar-refractivity contribution in [3.8, 4) is 0 Å². The van der Waals surface area contributed by atoms with Crippen LogP contribution in [0.4, 0.5) is 0 Å². The van der Waals surface area contributed by atoms with E-state index in [1.54, 1.807) is 27.9 Å². The molecular formula is C34H63N3O7. The molecule has 0 saturated carbocycles. The van der Waals surface area contributed by atoms with E-state index >= 15 is 0 Å². The van der Waals surface area contributed by atoms with E-state index in [1.165, 1.54) is 0 Å². The maximum atomic E-state index is 14.2. The summed E-state index contributed by atoms with van der Waals surface area (Å²) in [4.78, 5) is 34.8. The number of likely N-dealkylation sites (tertiary alicyclic amines) is 1. The highest BCUT2D eigenvalue weighted by Gasteiger charge is 2.52. The van der Waals surface area contributed by atoms with Gasteiger partial charge in [0, 0.05) is 57.2 Å². The van der Waals surface area contributed by atoms with E-state index in [0.29, 0.717) is 24.7 Å². The summed E-state index contributed by atoms with van der Waals surface area (Å²) in [5.41, 5.74) is -2.30. The molecule has 10 nitrogen and oxygen atoms in total. The third-order valence-corrected chi connectivity index (χ3v) is 10.3. The number of esters is 1. The van der Waals surface area contributed by atoms with Gasteiger partial charge in [0.1, 0.15) is 18.1 Å². The van der Waals surface area contributed by atoms with Crippen LogP contribution in [0.1, 0.15) is 75.2 Å². The highest BCUT2D eigenvalue weighted by atomic mass is 16.7. The van der Waals surface area contributed by atoms with Crippen LogP contribution in [-0.4, -0.2) is 134 Å². The summed E-state index contributed by atoms with van der Waals surface area (Å²) in [7, 11) is 5.52. The number of carbonyl (C=O) groups is 2. The predicted molar refractivity (Wildman–Crippen MR) is 171 cm³/mol. The lowest BCUT2D eigenvalue weighted by Crippen LogP contribution is -2.60. The molecule has 3 heterocycles. The normalized spacial score (nSPS) is 39.0. The molecule has 0 aliphatic carbocycles. The van der Waals surface area contributed by atoms with E-state index in [2.05, 4.69) is 37.5 Å². The fraction of sp³-hybridized carbons (Fsp3) is 0.941. The largest absolute Gasteiger partial charge is 0.463 e. The van der Waals surface area contributed by atoms with Crippen molar-refractivity contribution in [3.63, 3.8) is 0 Å². The van der Waals surface area contributed by atoms with Crippen LogP contribution >= 0.6 is 0 Å². The Morgan fingerprint density at radius 2 is 1.73 bits per heavy atom. The number of rotatable bonds is 8. The first-order valence-corrected chi connectivity index (χ1v) is 16.8. The average molecular weight is 626 g/mol. The van der Waals surface area contributed by atoms with Gasteiger partial charge in [0.2, 0.25) is 0 Å². The first kappa shape index (κ1) is 37.3. The standard InChI is InChI=1S/C34H63N3O7/c1-13-37-17-22(4)15-34(9,41-12)30(44-31-28(38)26(35(10)11)14-23(5)43-31)24(6)29(39)33(7,8)32(40)42-20-27(37)25-18-36(19-25)16-21(2)3/h21-28,30-31,38H,13-20H2,1-12H3/t22-,23-,24+,26+,27?,28-,30-,31+,34-/m1/s1. The molecular weight excluding hydrogens is 562 g/mol. The van der Waals surface area contributed by atoms with Gasteiger partial charge in [-0.1, -0.05) is 34.6 Å². The molecule has 0 aromatic rings. The van der Waals surface area contributed by atoms with Gasteiger partial charge in [0.05, 0.1) is 17.8 Å². The van der Waals surface area contributed by atoms with E-state index in [4.69, 9.17) is 18.9 Å². The summed E-state index contributed by atoms with van der Waals surface area (Å²) in [6, 6.07) is -0.100. The lowest BCUT2D eigenvalue weighted by molar-refractivity contribution is -0.295. The molecule has 9 atom stereocenters. The predicted octanol–water partition coefficient (Wildman–Crippen LogP) is 3.30. The Balaban J connectivity index is 1.97. The van der Waals surface area contributed by atoms with Crippen LogP contribution in [-0.2, 0) is 28.5 Å². The van der Waals surface area contributed by atoms with Gasteiger partial charge in [-0.15, -0.1) is 0 Å². The van der Waals surface area contributed by atoms with Crippen LogP contribution in [0.5, 0.6) is 0 Å². The molecule has 3 rings (SSSR count). The second-order valence-corrected chi connectivity index (χ2v) is 15.4. The van der Waals surface area contributed by atoms with Gasteiger partial charge < -0.3 is 33.9 Å². The molecule has 1 N–H and O–H groups in total. The number of ketones is 1. The van der Waals surface area contributed by atoms with Crippen molar-refractivity contribution in [2.24, 2.45) is 29.1 Å². The number of Topliss-reactive ketones (excluding diaryl/α,β-unsaturated/α-hetero) is 1. The minimum absolute atomic E-state index is 0.0648. The summed E-state index contributed by atoms with van der Waals surface area (Å²) >= 11 is 0. The lowest BCUT2D eigenvalue weighted by atomic mass is 9.74. The van der Waals surface area contributed by atoms with Crippen LogP contribution in [0.25, 0.3) is 0 Å². The van der Waals surface area contributed by atoms with Crippen molar-refractivity contribution in [2.45, 2.75) is 117 Å². The van der Waals surface area contributed by atoms with Crippen LogP contribution in [0.15, 0.2) is 0 Å². The van der Waals surface area contributed by atoms with Crippen LogP contribution < -0.4 is 0 Å². The second-order valence-electron chi connectivity index (χ2n) is 15.4. The van der Waals surface area contributed by atoms with Gasteiger partial charge in [-0.05, 0) is 73.0 Å². The first-order chi connectivity index (χ1) is 20.4. The van der Waals surface area contributed by atoms with Gasteiger partial charge in [0.25, 0.3) is 0 Å². The van der Waals surface area contributed by atoms with Crippen molar-refractivity contribution < 1.29 is 33.6 Å². The Morgan fingerprint density at radius 1 is 1.09 bits per heavy atom. The van der Waals surface area contributed by atoms with Gasteiger partial charge >= 0.3 is 5.97 Å². The molecule has 256 valence electrons. The Morgan fingerprint density at radius 3 is 2.27 bits per heavy atom. The van der Waals surface area contributed by atoms with E-state index in [1.807, 2.05) is 32.8 Å². The van der Waals surface area contributed by atoms with Crippen LogP contribution in [0.3, 0.4) is 0 Å². The Bertz CT molecular complexity index is 955. The highest BCUT2D eigenvalue weighted by Crippen LogP contribution is 2.39. The molecule has 10 heteroatoms. The topological polar surface area (TPSA) is 101 Å². The zero-order valence-corrected chi connectivity index (χ0v) is 29.7. The fourth-order valence-electron chi connectivity index (χ4n) is 7.77. The van der Waals surface area contributed by atoms with Crippen molar-refractivity contribution in [1.82, 2.24) is 14.7 Å². The lowest BCUT2D eigenvalue weighted by Gasteiger charge is -2.48. The van der Waals surface area contributed by atoms with Gasteiger partial charge in [-0.25, -0.2) is 0 Å². The van der Waals surface area contributed by atoms with Gasteiger partial charge in [-0.2, -0.15) is 0 Å². The highest BCUT2D eigenvalue weighted by molar-refractivity contribution is 6.04. The van der Waals surface area contributed by atoms with Crippen LogP contribution in [0.2, 0.25) is 0 Å². The van der Waals surface area contributed by atoms with Crippen molar-refractivity contribution in [1.29, 1.82) is 0 Å². The molecule has 0 aromatic carbocycles. The molecule has 3 aliphatic rings. The molecule has 0 aromatic heterocycles. The number of methoxy groups -OCH3 is 1. The minimum Gasteiger partial charge on any atom is -0.463 e. The summed E-state index contributed by atoms with van der Waals surface area (Å²) in [5.74, 6) is -0.370. The average Bonchev–Trinajstić information content (AvgIpc) is 2.93. The molecule has 0 bridgehead atoms. The second kappa shape index (κ2) is 15.2. The number of nitrogens with zero attached hydrogens (tertiary/aromatic N) is 3. The number of likely N-dealkylation sites (N-methyl/N-ethyl adjacent to an activating group) is 2. The molecule has 0 spiro atoms. The van der Waals surface area contributed by atoms with Crippen LogP contribution in [0, 0.1) is 29.1 Å². The number of hydrogen-bond donors (Lipinski definition) is 1. The Kier molecular flexibility index (Phi) is 12.9. The minimum atomic E-state index is -1.40. The number of ether oxygens (including phenoxy) is 4.